The highest BCUT2D eigenvalue weighted by Crippen LogP contribution is 2.32. The molecule has 1 atom stereocenters. The molecule has 1 aromatic rings. The Balaban J connectivity index is 1.86. The van der Waals surface area contributed by atoms with Gasteiger partial charge in [-0.2, -0.15) is 24.5 Å². The molecule has 3 nitrogen and oxygen atoms in total. The van der Waals surface area contributed by atoms with Gasteiger partial charge in [-0.15, -0.1) is 0 Å². The number of hydrogen-bond donors (Lipinski definition) is 1. The van der Waals surface area contributed by atoms with E-state index in [1.807, 2.05) is 27.0 Å². The molecule has 0 saturated carbocycles. The molecule has 1 saturated heterocycles. The van der Waals surface area contributed by atoms with E-state index in [0.717, 1.165) is 24.9 Å². The molecular weight excluding hydrogens is 277 g/mol. The molecule has 1 N–H and O–H groups in total. The van der Waals surface area contributed by atoms with Gasteiger partial charge in [0.15, 0.2) is 0 Å². The van der Waals surface area contributed by atoms with E-state index in [4.69, 9.17) is 0 Å². The van der Waals surface area contributed by atoms with Crippen LogP contribution < -0.4 is 5.32 Å². The fourth-order valence-corrected chi connectivity index (χ4v) is 3.00. The Morgan fingerprint density at radius 3 is 2.95 bits per heavy atom. The summed E-state index contributed by atoms with van der Waals surface area (Å²) in [7, 11) is 0. The lowest BCUT2D eigenvalue weighted by atomic mass is 10.1. The number of carbonyl (C=O) groups excluding carboxylic acids is 1. The maximum absolute atomic E-state index is 12.0. The van der Waals surface area contributed by atoms with Gasteiger partial charge in [-0.1, -0.05) is 0 Å². The van der Waals surface area contributed by atoms with Crippen molar-refractivity contribution in [1.29, 1.82) is 0 Å². The summed E-state index contributed by atoms with van der Waals surface area (Å²) in [5.74, 6) is -0.570. The van der Waals surface area contributed by atoms with E-state index in [0.29, 0.717) is 0 Å². The standard InChI is InChI=1S/C12H15F3N2OS/c13-12(14,15)8-16-11(18)6-17-4-1-2-10(17)9-3-5-19-7-9/h3,5,7,10H,1-2,4,6,8H2,(H,16,18). The molecule has 7 heteroatoms. The van der Waals surface area contributed by atoms with Crippen LogP contribution in [0.3, 0.4) is 0 Å². The summed E-state index contributed by atoms with van der Waals surface area (Å²) in [6, 6.07) is 2.16. The zero-order chi connectivity index (χ0) is 13.9. The Morgan fingerprint density at radius 1 is 1.53 bits per heavy atom. The lowest BCUT2D eigenvalue weighted by molar-refractivity contribution is -0.139. The van der Waals surface area contributed by atoms with E-state index >= 15 is 0 Å². The number of alkyl halides is 3. The molecule has 2 rings (SSSR count). The second-order valence-electron chi connectivity index (χ2n) is 4.58. The second-order valence-corrected chi connectivity index (χ2v) is 5.36. The fourth-order valence-electron chi connectivity index (χ4n) is 2.30. The highest BCUT2D eigenvalue weighted by molar-refractivity contribution is 7.07. The van der Waals surface area contributed by atoms with Gasteiger partial charge in [0, 0.05) is 6.04 Å². The third-order valence-corrected chi connectivity index (χ3v) is 3.83. The van der Waals surface area contributed by atoms with Crippen LogP contribution >= 0.6 is 11.3 Å². The Labute approximate surface area is 113 Å². The largest absolute Gasteiger partial charge is 0.405 e. The van der Waals surface area contributed by atoms with Crippen LogP contribution in [-0.2, 0) is 4.79 Å². The first-order chi connectivity index (χ1) is 8.96. The van der Waals surface area contributed by atoms with E-state index in [1.165, 1.54) is 0 Å². The van der Waals surface area contributed by atoms with Crippen LogP contribution in [0.15, 0.2) is 16.8 Å². The minimum absolute atomic E-state index is 0.0244. The Hall–Kier alpha value is -1.08. The van der Waals surface area contributed by atoms with Gasteiger partial charge < -0.3 is 5.32 Å². The SMILES string of the molecule is O=C(CN1CCCC1c1ccsc1)NCC(F)(F)F. The Bertz CT molecular complexity index is 419. The molecule has 1 unspecified atom stereocenters. The van der Waals surface area contributed by atoms with Gasteiger partial charge in [0.1, 0.15) is 6.54 Å². The van der Waals surface area contributed by atoms with Gasteiger partial charge in [0.25, 0.3) is 0 Å². The first-order valence-electron chi connectivity index (χ1n) is 6.05. The maximum Gasteiger partial charge on any atom is 0.405 e. The summed E-state index contributed by atoms with van der Waals surface area (Å²) in [4.78, 5) is 13.4. The maximum atomic E-state index is 12.0. The van der Waals surface area contributed by atoms with Gasteiger partial charge in [-0.05, 0) is 41.8 Å². The van der Waals surface area contributed by atoms with Gasteiger partial charge in [-0.3, -0.25) is 9.69 Å². The number of likely N-dealkylation sites (tertiary alicyclic amines) is 1. The van der Waals surface area contributed by atoms with Crippen LogP contribution in [0.25, 0.3) is 0 Å². The molecule has 2 heterocycles. The van der Waals surface area contributed by atoms with E-state index < -0.39 is 18.6 Å². The first kappa shape index (κ1) is 14.3. The monoisotopic (exact) mass is 292 g/mol. The highest BCUT2D eigenvalue weighted by Gasteiger charge is 2.30. The predicted molar refractivity (Wildman–Crippen MR) is 66.9 cm³/mol. The number of carbonyl (C=O) groups is 1. The second kappa shape index (κ2) is 5.92. The topological polar surface area (TPSA) is 32.3 Å². The number of halogens is 3. The average molecular weight is 292 g/mol. The number of thiophene rings is 1. The molecule has 1 aliphatic rings. The molecule has 19 heavy (non-hydrogen) atoms. The molecule has 0 spiro atoms. The number of rotatable bonds is 4. The highest BCUT2D eigenvalue weighted by atomic mass is 32.1. The van der Waals surface area contributed by atoms with Crippen LogP contribution in [0.2, 0.25) is 0 Å². The lowest BCUT2D eigenvalue weighted by Gasteiger charge is -2.23. The van der Waals surface area contributed by atoms with Crippen molar-refractivity contribution in [2.24, 2.45) is 0 Å². The zero-order valence-electron chi connectivity index (χ0n) is 10.2. The van der Waals surface area contributed by atoms with E-state index in [1.54, 1.807) is 11.3 Å². The van der Waals surface area contributed by atoms with Gasteiger partial charge >= 0.3 is 6.18 Å². The molecule has 0 bridgehead atoms. The molecule has 1 fully saturated rings. The lowest BCUT2D eigenvalue weighted by Crippen LogP contribution is -2.40. The number of nitrogens with one attached hydrogen (secondary N) is 1. The van der Waals surface area contributed by atoms with Gasteiger partial charge in [-0.25, -0.2) is 0 Å². The van der Waals surface area contributed by atoms with Crippen molar-refractivity contribution in [1.82, 2.24) is 10.2 Å². The average Bonchev–Trinajstić information content (AvgIpc) is 2.94. The normalized spacial score (nSPS) is 20.7. The third kappa shape index (κ3) is 4.21. The van der Waals surface area contributed by atoms with E-state index in [-0.39, 0.29) is 12.6 Å². The molecule has 1 aliphatic heterocycles. The molecule has 1 aromatic heterocycles. The summed E-state index contributed by atoms with van der Waals surface area (Å²) < 4.78 is 36.0. The summed E-state index contributed by atoms with van der Waals surface area (Å²) in [6.45, 7) is -0.487. The van der Waals surface area contributed by atoms with Crippen molar-refractivity contribution in [3.63, 3.8) is 0 Å². The van der Waals surface area contributed by atoms with Crippen LogP contribution in [-0.4, -0.2) is 36.6 Å². The summed E-state index contributed by atoms with van der Waals surface area (Å²) in [5, 5.41) is 5.90. The molecule has 1 amide bonds. The molecular formula is C12H15F3N2OS. The number of amides is 1. The van der Waals surface area contributed by atoms with E-state index in [9.17, 15) is 18.0 Å². The zero-order valence-corrected chi connectivity index (χ0v) is 11.1. The molecule has 0 aromatic carbocycles. The molecule has 106 valence electrons. The van der Waals surface area contributed by atoms with Crippen molar-refractivity contribution >= 4 is 17.2 Å². The van der Waals surface area contributed by atoms with Crippen LogP contribution in [0.5, 0.6) is 0 Å². The van der Waals surface area contributed by atoms with Crippen LogP contribution in [0.4, 0.5) is 13.2 Å². The third-order valence-electron chi connectivity index (χ3n) is 3.12. The van der Waals surface area contributed by atoms with Crippen molar-refractivity contribution < 1.29 is 18.0 Å². The predicted octanol–water partition coefficient (Wildman–Crippen LogP) is 2.56. The fraction of sp³-hybridized carbons (Fsp3) is 0.583. The van der Waals surface area contributed by atoms with Crippen LogP contribution in [0, 0.1) is 0 Å². The minimum atomic E-state index is -4.35. The molecule has 0 radical (unpaired) electrons. The summed E-state index contributed by atoms with van der Waals surface area (Å²) in [6.07, 6.45) is -2.44. The molecule has 0 aliphatic carbocycles. The quantitative estimate of drug-likeness (QED) is 0.925. The smallest absolute Gasteiger partial charge is 0.346 e. The summed E-state index contributed by atoms with van der Waals surface area (Å²) >= 11 is 1.59. The van der Waals surface area contributed by atoms with Crippen molar-refractivity contribution in [2.45, 2.75) is 25.1 Å². The van der Waals surface area contributed by atoms with Crippen LogP contribution in [0.1, 0.15) is 24.4 Å². The minimum Gasteiger partial charge on any atom is -0.346 e. The Kier molecular flexibility index (Phi) is 4.46. The van der Waals surface area contributed by atoms with E-state index in [2.05, 4.69) is 0 Å². The number of hydrogen-bond acceptors (Lipinski definition) is 3. The van der Waals surface area contributed by atoms with Gasteiger partial charge in [0.05, 0.1) is 6.54 Å². The van der Waals surface area contributed by atoms with Gasteiger partial charge in [0.2, 0.25) is 5.91 Å². The Morgan fingerprint density at radius 2 is 2.32 bits per heavy atom. The first-order valence-corrected chi connectivity index (χ1v) is 6.99. The van der Waals surface area contributed by atoms with Crippen molar-refractivity contribution in [2.75, 3.05) is 19.6 Å². The van der Waals surface area contributed by atoms with Crippen molar-refractivity contribution in [3.8, 4) is 0 Å². The van der Waals surface area contributed by atoms with Crippen molar-refractivity contribution in [3.05, 3.63) is 22.4 Å². The number of nitrogens with zero attached hydrogens (tertiary/aromatic N) is 1. The summed E-state index contributed by atoms with van der Waals surface area (Å²) in [5.41, 5.74) is 1.14.